The number of nitrogens with two attached hydrogens (primary N) is 1. The van der Waals surface area contributed by atoms with Crippen LogP contribution < -0.4 is 5.73 Å². The lowest BCUT2D eigenvalue weighted by molar-refractivity contribution is 0.438. The summed E-state index contributed by atoms with van der Waals surface area (Å²) in [4.78, 5) is 0.0907. The van der Waals surface area contributed by atoms with Gasteiger partial charge in [-0.15, -0.1) is 0 Å². The van der Waals surface area contributed by atoms with Crippen LogP contribution in [-0.4, -0.2) is 19.8 Å². The van der Waals surface area contributed by atoms with Crippen LogP contribution in [0.1, 0.15) is 19.4 Å². The van der Waals surface area contributed by atoms with Crippen molar-refractivity contribution in [2.45, 2.75) is 24.3 Å². The van der Waals surface area contributed by atoms with Crippen molar-refractivity contribution in [3.05, 3.63) is 23.8 Å². The summed E-state index contributed by atoms with van der Waals surface area (Å²) in [7, 11) is -3.29. The van der Waals surface area contributed by atoms with E-state index in [-0.39, 0.29) is 10.6 Å². The molecule has 3 N–H and O–H groups in total. The molecule has 4 nitrogen and oxygen atoms in total. The number of rotatable bonds is 2. The molecule has 0 aromatic heterocycles. The molecule has 0 radical (unpaired) electrons. The van der Waals surface area contributed by atoms with E-state index in [1.807, 2.05) is 0 Å². The molecule has 1 aromatic carbocycles. The van der Waals surface area contributed by atoms with Gasteiger partial charge >= 0.3 is 0 Å². The van der Waals surface area contributed by atoms with E-state index in [1.54, 1.807) is 13.8 Å². The van der Waals surface area contributed by atoms with Gasteiger partial charge in [0.1, 0.15) is 5.75 Å². The van der Waals surface area contributed by atoms with Gasteiger partial charge in [0, 0.05) is 17.4 Å². The number of phenols is 1. The van der Waals surface area contributed by atoms with E-state index >= 15 is 0 Å². The first-order chi connectivity index (χ1) is 6.62. The fraction of sp³-hybridized carbons (Fsp3) is 0.400. The molecule has 1 rings (SSSR count). The molecule has 0 amide bonds. The standard InChI is InChI=1S/C10H15NO3S/c1-10(2,11)8-5-4-7(6-9(8)12)15(3,13)14/h4-6,12H,11H2,1-3H3. The molecule has 0 aliphatic rings. The Morgan fingerprint density at radius 1 is 1.33 bits per heavy atom. The Morgan fingerprint density at radius 3 is 2.20 bits per heavy atom. The van der Waals surface area contributed by atoms with E-state index in [0.29, 0.717) is 5.56 Å². The van der Waals surface area contributed by atoms with Gasteiger partial charge in [-0.2, -0.15) is 0 Å². The maximum absolute atomic E-state index is 11.2. The van der Waals surface area contributed by atoms with Gasteiger partial charge in [-0.05, 0) is 26.0 Å². The van der Waals surface area contributed by atoms with Crippen LogP contribution in [0.3, 0.4) is 0 Å². The van der Waals surface area contributed by atoms with Crippen molar-refractivity contribution < 1.29 is 13.5 Å². The van der Waals surface area contributed by atoms with Gasteiger partial charge in [-0.1, -0.05) is 6.07 Å². The predicted molar refractivity (Wildman–Crippen MR) is 58.4 cm³/mol. The topological polar surface area (TPSA) is 80.4 Å². The summed E-state index contributed by atoms with van der Waals surface area (Å²) < 4.78 is 22.4. The van der Waals surface area contributed by atoms with Crippen LogP contribution in [0.5, 0.6) is 5.75 Å². The van der Waals surface area contributed by atoms with Crippen molar-refractivity contribution in [3.63, 3.8) is 0 Å². The average Bonchev–Trinajstić information content (AvgIpc) is 1.99. The molecule has 0 bridgehead atoms. The van der Waals surface area contributed by atoms with Crippen molar-refractivity contribution >= 4 is 9.84 Å². The van der Waals surface area contributed by atoms with Gasteiger partial charge in [0.2, 0.25) is 0 Å². The van der Waals surface area contributed by atoms with Crippen molar-refractivity contribution in [2.75, 3.05) is 6.26 Å². The second-order valence-corrected chi connectivity index (χ2v) is 6.19. The zero-order valence-corrected chi connectivity index (χ0v) is 9.80. The molecule has 0 fully saturated rings. The van der Waals surface area contributed by atoms with E-state index in [1.165, 1.54) is 18.2 Å². The Hall–Kier alpha value is -1.07. The minimum Gasteiger partial charge on any atom is -0.508 e. The molecule has 5 heteroatoms. The normalized spacial score (nSPS) is 12.8. The highest BCUT2D eigenvalue weighted by atomic mass is 32.2. The number of hydrogen-bond acceptors (Lipinski definition) is 4. The van der Waals surface area contributed by atoms with E-state index in [0.717, 1.165) is 6.26 Å². The molecule has 0 atom stereocenters. The number of sulfone groups is 1. The molecular formula is C10H15NO3S. The second kappa shape index (κ2) is 3.50. The SMILES string of the molecule is CC(C)(N)c1ccc(S(C)(=O)=O)cc1O. The molecule has 0 aliphatic carbocycles. The van der Waals surface area contributed by atoms with Crippen LogP contribution in [-0.2, 0) is 15.4 Å². The Balaban J connectivity index is 3.34. The Bertz CT molecular complexity index is 472. The Labute approximate surface area is 89.7 Å². The first kappa shape index (κ1) is 12.0. The molecule has 0 aliphatic heterocycles. The van der Waals surface area contributed by atoms with Gasteiger partial charge in [0.05, 0.1) is 4.90 Å². The molecule has 0 unspecified atom stereocenters. The Kier molecular flexibility index (Phi) is 2.80. The summed E-state index contributed by atoms with van der Waals surface area (Å²) in [6, 6.07) is 4.20. The van der Waals surface area contributed by atoms with Gasteiger partial charge < -0.3 is 10.8 Å². The van der Waals surface area contributed by atoms with Gasteiger partial charge in [0.25, 0.3) is 0 Å². The highest BCUT2D eigenvalue weighted by Gasteiger charge is 2.20. The second-order valence-electron chi connectivity index (χ2n) is 4.17. The summed E-state index contributed by atoms with van der Waals surface area (Å²) in [6.45, 7) is 3.48. The van der Waals surface area contributed by atoms with E-state index in [4.69, 9.17) is 5.73 Å². The fourth-order valence-corrected chi connectivity index (χ4v) is 1.93. The molecule has 1 aromatic rings. The molecule has 0 spiro atoms. The van der Waals surface area contributed by atoms with Crippen LogP contribution in [0.4, 0.5) is 0 Å². The van der Waals surface area contributed by atoms with E-state index in [2.05, 4.69) is 0 Å². The first-order valence-corrected chi connectivity index (χ1v) is 6.34. The van der Waals surface area contributed by atoms with Crippen LogP contribution in [0.15, 0.2) is 23.1 Å². The maximum atomic E-state index is 11.2. The zero-order chi connectivity index (χ0) is 11.9. The van der Waals surface area contributed by atoms with Crippen LogP contribution >= 0.6 is 0 Å². The van der Waals surface area contributed by atoms with Crippen LogP contribution in [0.2, 0.25) is 0 Å². The largest absolute Gasteiger partial charge is 0.508 e. The summed E-state index contributed by atoms with van der Waals surface area (Å²) >= 11 is 0. The van der Waals surface area contributed by atoms with Gasteiger partial charge in [-0.3, -0.25) is 0 Å². The summed E-state index contributed by atoms with van der Waals surface area (Å²) in [5.74, 6) is -0.0922. The third kappa shape index (κ3) is 2.70. The number of hydrogen-bond donors (Lipinski definition) is 2. The quantitative estimate of drug-likeness (QED) is 0.792. The summed E-state index contributed by atoms with van der Waals surface area (Å²) in [5.41, 5.74) is 5.64. The molecule has 0 saturated heterocycles. The number of phenolic OH excluding ortho intramolecular Hbond substituents is 1. The average molecular weight is 229 g/mol. The lowest BCUT2D eigenvalue weighted by atomic mass is 9.95. The van der Waals surface area contributed by atoms with Crippen molar-refractivity contribution in [1.29, 1.82) is 0 Å². The van der Waals surface area contributed by atoms with Gasteiger partial charge in [0.15, 0.2) is 9.84 Å². The Morgan fingerprint density at radius 2 is 1.87 bits per heavy atom. The molecule has 0 saturated carbocycles. The zero-order valence-electron chi connectivity index (χ0n) is 8.98. The summed E-state index contributed by atoms with van der Waals surface area (Å²) in [6.07, 6.45) is 1.09. The minimum absolute atomic E-state index is 0.0907. The number of benzene rings is 1. The maximum Gasteiger partial charge on any atom is 0.175 e. The highest BCUT2D eigenvalue weighted by molar-refractivity contribution is 7.90. The van der Waals surface area contributed by atoms with Crippen molar-refractivity contribution in [3.8, 4) is 5.75 Å². The lowest BCUT2D eigenvalue weighted by Crippen LogP contribution is -2.28. The number of aromatic hydroxyl groups is 1. The smallest absolute Gasteiger partial charge is 0.175 e. The third-order valence-electron chi connectivity index (χ3n) is 2.09. The first-order valence-electron chi connectivity index (χ1n) is 4.45. The molecule has 84 valence electrons. The monoisotopic (exact) mass is 229 g/mol. The van der Waals surface area contributed by atoms with E-state index in [9.17, 15) is 13.5 Å². The fourth-order valence-electron chi connectivity index (χ4n) is 1.29. The lowest BCUT2D eigenvalue weighted by Gasteiger charge is -2.20. The predicted octanol–water partition coefficient (Wildman–Crippen LogP) is 0.990. The van der Waals surface area contributed by atoms with E-state index < -0.39 is 15.4 Å². The van der Waals surface area contributed by atoms with Gasteiger partial charge in [-0.25, -0.2) is 8.42 Å². The van der Waals surface area contributed by atoms with Crippen LogP contribution in [0, 0.1) is 0 Å². The molecule has 15 heavy (non-hydrogen) atoms. The molecular weight excluding hydrogens is 214 g/mol. The molecule has 0 heterocycles. The third-order valence-corrected chi connectivity index (χ3v) is 3.20. The van der Waals surface area contributed by atoms with Crippen LogP contribution in [0.25, 0.3) is 0 Å². The minimum atomic E-state index is -3.29. The van der Waals surface area contributed by atoms with Crippen molar-refractivity contribution in [2.24, 2.45) is 5.73 Å². The summed E-state index contributed by atoms with van der Waals surface area (Å²) in [5, 5.41) is 9.65. The van der Waals surface area contributed by atoms with Crippen molar-refractivity contribution in [1.82, 2.24) is 0 Å². The highest BCUT2D eigenvalue weighted by Crippen LogP contribution is 2.29.